The van der Waals surface area contributed by atoms with Gasteiger partial charge in [-0.1, -0.05) is 0 Å². The molecule has 1 amide bonds. The summed E-state index contributed by atoms with van der Waals surface area (Å²) in [7, 11) is 0. The summed E-state index contributed by atoms with van der Waals surface area (Å²) in [6, 6.07) is 3.73. The van der Waals surface area contributed by atoms with Crippen LogP contribution in [0.15, 0.2) is 18.3 Å². The van der Waals surface area contributed by atoms with Gasteiger partial charge in [-0.05, 0) is 57.7 Å². The van der Waals surface area contributed by atoms with Crippen LogP contribution in [0.1, 0.15) is 45.6 Å². The molecule has 6 heteroatoms. The molecule has 132 valence electrons. The average Bonchev–Trinajstić information content (AvgIpc) is 2.46. The van der Waals surface area contributed by atoms with Crippen molar-refractivity contribution in [3.05, 3.63) is 23.9 Å². The van der Waals surface area contributed by atoms with Crippen LogP contribution in [0.5, 0.6) is 0 Å². The minimum atomic E-state index is -0.518. The van der Waals surface area contributed by atoms with Crippen molar-refractivity contribution in [3.63, 3.8) is 0 Å². The smallest absolute Gasteiger partial charge is 0.307 e. The number of carbonyl (C=O) groups is 2. The lowest BCUT2D eigenvalue weighted by Crippen LogP contribution is -2.43. The predicted molar refractivity (Wildman–Crippen MR) is 92.1 cm³/mol. The number of likely N-dealkylation sites (tertiary alicyclic amines) is 1. The van der Waals surface area contributed by atoms with Gasteiger partial charge in [-0.15, -0.1) is 0 Å². The van der Waals surface area contributed by atoms with Gasteiger partial charge in [0.1, 0.15) is 11.4 Å². The molecule has 0 bridgehead atoms. The molecule has 1 atom stereocenters. The van der Waals surface area contributed by atoms with Crippen molar-refractivity contribution in [2.45, 2.75) is 52.1 Å². The predicted octanol–water partition coefficient (Wildman–Crippen LogP) is 2.18. The van der Waals surface area contributed by atoms with Crippen molar-refractivity contribution in [3.8, 4) is 0 Å². The zero-order valence-electron chi connectivity index (χ0n) is 14.7. The number of pyridine rings is 1. The van der Waals surface area contributed by atoms with E-state index in [0.717, 1.165) is 31.4 Å². The Morgan fingerprint density at radius 1 is 1.46 bits per heavy atom. The van der Waals surface area contributed by atoms with Crippen LogP contribution in [0.2, 0.25) is 0 Å². The number of amides is 1. The molecule has 1 aliphatic rings. The van der Waals surface area contributed by atoms with Gasteiger partial charge < -0.3 is 15.4 Å². The second kappa shape index (κ2) is 7.64. The van der Waals surface area contributed by atoms with Gasteiger partial charge in [0.05, 0.1) is 6.42 Å². The highest BCUT2D eigenvalue weighted by Crippen LogP contribution is 2.23. The molecular weight excluding hydrogens is 306 g/mol. The van der Waals surface area contributed by atoms with E-state index in [0.29, 0.717) is 12.4 Å². The van der Waals surface area contributed by atoms with Gasteiger partial charge in [0, 0.05) is 25.2 Å². The van der Waals surface area contributed by atoms with Crippen molar-refractivity contribution < 1.29 is 14.3 Å². The summed E-state index contributed by atoms with van der Waals surface area (Å²) >= 11 is 0. The lowest BCUT2D eigenvalue weighted by atomic mass is 9.93. The van der Waals surface area contributed by atoms with Crippen LogP contribution in [-0.4, -0.2) is 40.5 Å². The van der Waals surface area contributed by atoms with Crippen LogP contribution in [-0.2, 0) is 20.7 Å². The number of nitrogen functional groups attached to an aromatic ring is 1. The van der Waals surface area contributed by atoms with Crippen LogP contribution >= 0.6 is 0 Å². The van der Waals surface area contributed by atoms with Crippen LogP contribution in [0, 0.1) is 5.92 Å². The zero-order valence-corrected chi connectivity index (χ0v) is 14.7. The number of anilines is 1. The van der Waals surface area contributed by atoms with Gasteiger partial charge >= 0.3 is 5.97 Å². The maximum atomic E-state index is 12.6. The Balaban J connectivity index is 1.88. The van der Waals surface area contributed by atoms with E-state index in [1.54, 1.807) is 6.20 Å². The first-order valence-corrected chi connectivity index (χ1v) is 8.45. The average molecular weight is 333 g/mol. The first-order chi connectivity index (χ1) is 11.2. The summed E-state index contributed by atoms with van der Waals surface area (Å²) in [4.78, 5) is 30.4. The molecule has 1 aliphatic heterocycles. The number of hydrogen-bond donors (Lipinski definition) is 1. The molecule has 1 aromatic heterocycles. The molecular formula is C18H27N3O3. The summed E-state index contributed by atoms with van der Waals surface area (Å²) in [6.07, 6.45) is 4.23. The molecule has 1 saturated heterocycles. The van der Waals surface area contributed by atoms with Gasteiger partial charge in [0.25, 0.3) is 0 Å². The molecule has 2 rings (SSSR count). The Labute approximate surface area is 143 Å². The lowest BCUT2D eigenvalue weighted by Gasteiger charge is -2.32. The molecule has 24 heavy (non-hydrogen) atoms. The number of carbonyl (C=O) groups excluding carboxylic acids is 2. The number of nitrogens with two attached hydrogens (primary N) is 1. The van der Waals surface area contributed by atoms with Crippen LogP contribution < -0.4 is 5.73 Å². The number of aromatic nitrogens is 1. The minimum absolute atomic E-state index is 0.0501. The largest absolute Gasteiger partial charge is 0.460 e. The van der Waals surface area contributed by atoms with Gasteiger partial charge in [-0.2, -0.15) is 0 Å². The Bertz CT molecular complexity index is 595. The third-order valence-electron chi connectivity index (χ3n) is 3.99. The van der Waals surface area contributed by atoms with E-state index in [2.05, 4.69) is 4.98 Å². The van der Waals surface area contributed by atoms with Gasteiger partial charge in [-0.25, -0.2) is 4.98 Å². The Hall–Kier alpha value is -2.11. The second-order valence-electron chi connectivity index (χ2n) is 7.29. The van der Waals surface area contributed by atoms with E-state index in [1.165, 1.54) is 0 Å². The summed E-state index contributed by atoms with van der Waals surface area (Å²) in [5.41, 5.74) is 6.22. The van der Waals surface area contributed by atoms with Gasteiger partial charge in [-0.3, -0.25) is 9.59 Å². The van der Waals surface area contributed by atoms with Crippen LogP contribution in [0.25, 0.3) is 0 Å². The third kappa shape index (κ3) is 5.51. The highest BCUT2D eigenvalue weighted by molar-refractivity contribution is 5.84. The summed E-state index contributed by atoms with van der Waals surface area (Å²) in [5, 5.41) is 0. The maximum absolute atomic E-state index is 12.6. The molecule has 0 saturated carbocycles. The normalized spacial score (nSPS) is 18.5. The fraction of sp³-hybridized carbons (Fsp3) is 0.611. The molecule has 0 aromatic carbocycles. The number of rotatable bonds is 5. The van der Waals surface area contributed by atoms with Crippen LogP contribution in [0.3, 0.4) is 0 Å². The van der Waals surface area contributed by atoms with Gasteiger partial charge in [0.2, 0.25) is 5.91 Å². The molecule has 0 radical (unpaired) electrons. The van der Waals surface area contributed by atoms with Crippen molar-refractivity contribution in [2.75, 3.05) is 18.8 Å². The lowest BCUT2D eigenvalue weighted by molar-refractivity contribution is -0.159. The summed E-state index contributed by atoms with van der Waals surface area (Å²) < 4.78 is 5.34. The van der Waals surface area contributed by atoms with Crippen LogP contribution in [0.4, 0.5) is 5.82 Å². The van der Waals surface area contributed by atoms with E-state index < -0.39 is 5.60 Å². The van der Waals surface area contributed by atoms with E-state index in [4.69, 9.17) is 10.5 Å². The zero-order chi connectivity index (χ0) is 17.7. The molecule has 2 heterocycles. The number of esters is 1. The van der Waals surface area contributed by atoms with E-state index in [-0.39, 0.29) is 24.2 Å². The summed E-state index contributed by atoms with van der Waals surface area (Å²) in [6.45, 7) is 6.87. The molecule has 1 fully saturated rings. The van der Waals surface area contributed by atoms with Crippen molar-refractivity contribution in [1.82, 2.24) is 9.88 Å². The Morgan fingerprint density at radius 2 is 2.21 bits per heavy atom. The fourth-order valence-corrected chi connectivity index (χ4v) is 2.93. The fourth-order valence-electron chi connectivity index (χ4n) is 2.93. The first-order valence-electron chi connectivity index (χ1n) is 8.45. The standard InChI is InChI=1S/C18H27N3O3/c1-18(2,3)24-16(22)12-14-5-4-9-21(17(14)23)10-7-13-6-8-20-15(19)11-13/h6,8,11,14H,4-5,7,9-10,12H2,1-3H3,(H2,19,20). The number of ether oxygens (including phenoxy) is 1. The Morgan fingerprint density at radius 3 is 2.88 bits per heavy atom. The SMILES string of the molecule is CC(C)(C)OC(=O)CC1CCCN(CCc2ccnc(N)c2)C1=O. The molecule has 2 N–H and O–H groups in total. The maximum Gasteiger partial charge on any atom is 0.307 e. The highest BCUT2D eigenvalue weighted by atomic mass is 16.6. The van der Waals surface area contributed by atoms with Gasteiger partial charge in [0.15, 0.2) is 0 Å². The molecule has 1 unspecified atom stereocenters. The van der Waals surface area contributed by atoms with Crippen molar-refractivity contribution in [1.29, 1.82) is 0 Å². The van der Waals surface area contributed by atoms with E-state index in [9.17, 15) is 9.59 Å². The molecule has 1 aromatic rings. The monoisotopic (exact) mass is 333 g/mol. The van der Waals surface area contributed by atoms with E-state index in [1.807, 2.05) is 37.8 Å². The van der Waals surface area contributed by atoms with E-state index >= 15 is 0 Å². The molecule has 0 spiro atoms. The second-order valence-corrected chi connectivity index (χ2v) is 7.29. The number of hydrogen-bond acceptors (Lipinski definition) is 5. The number of nitrogens with zero attached hydrogens (tertiary/aromatic N) is 2. The van der Waals surface area contributed by atoms with Crippen molar-refractivity contribution in [2.24, 2.45) is 5.92 Å². The topological polar surface area (TPSA) is 85.5 Å². The molecule has 6 nitrogen and oxygen atoms in total. The highest BCUT2D eigenvalue weighted by Gasteiger charge is 2.31. The third-order valence-corrected chi connectivity index (χ3v) is 3.99. The first kappa shape index (κ1) is 18.2. The Kier molecular flexibility index (Phi) is 5.80. The number of piperidine rings is 1. The minimum Gasteiger partial charge on any atom is -0.460 e. The van der Waals surface area contributed by atoms with Crippen molar-refractivity contribution >= 4 is 17.7 Å². The quantitative estimate of drug-likeness (QED) is 0.835. The summed E-state index contributed by atoms with van der Waals surface area (Å²) in [5.74, 6) is -0.0323. The molecule has 0 aliphatic carbocycles.